The second kappa shape index (κ2) is 7.96. The molecule has 1 aliphatic carbocycles. The molecule has 0 atom stereocenters. The van der Waals surface area contributed by atoms with Crippen LogP contribution < -0.4 is 4.74 Å². The fraction of sp³-hybridized carbons (Fsp3) is 0.458. The lowest BCUT2D eigenvalue weighted by Crippen LogP contribution is -2.44. The summed E-state index contributed by atoms with van der Waals surface area (Å²) in [6, 6.07) is 16.2. The van der Waals surface area contributed by atoms with E-state index in [1.54, 1.807) is 7.11 Å². The Bertz CT molecular complexity index is 801. The van der Waals surface area contributed by atoms with E-state index in [1.165, 1.54) is 5.56 Å². The molecule has 1 aliphatic heterocycles. The zero-order chi connectivity index (χ0) is 19.6. The van der Waals surface area contributed by atoms with Gasteiger partial charge < -0.3 is 14.7 Å². The molecule has 2 aromatic carbocycles. The predicted octanol–water partition coefficient (Wildman–Crippen LogP) is 3.70. The highest BCUT2D eigenvalue weighted by Crippen LogP contribution is 2.50. The van der Waals surface area contributed by atoms with Gasteiger partial charge in [0.1, 0.15) is 5.75 Å². The molecule has 4 heteroatoms. The van der Waals surface area contributed by atoms with Crippen LogP contribution in [-0.2, 0) is 23.2 Å². The number of aliphatic hydroxyl groups is 1. The van der Waals surface area contributed by atoms with E-state index in [4.69, 9.17) is 9.84 Å². The smallest absolute Gasteiger partial charge is 0.233 e. The van der Waals surface area contributed by atoms with Gasteiger partial charge in [0.25, 0.3) is 0 Å². The number of benzene rings is 2. The second-order valence-electron chi connectivity index (χ2n) is 8.22. The molecule has 2 aliphatic rings. The maximum atomic E-state index is 13.2. The van der Waals surface area contributed by atoms with Crippen molar-refractivity contribution in [1.29, 1.82) is 0 Å². The minimum atomic E-state index is -0.292. The molecule has 1 amide bonds. The first-order chi connectivity index (χ1) is 13.6. The molecule has 148 valence electrons. The molecule has 4 nitrogen and oxygen atoms in total. The molecule has 1 N–H and O–H groups in total. The maximum absolute atomic E-state index is 13.2. The molecule has 2 fully saturated rings. The quantitative estimate of drug-likeness (QED) is 0.833. The number of rotatable bonds is 6. The summed E-state index contributed by atoms with van der Waals surface area (Å²) in [5.41, 5.74) is 3.11. The maximum Gasteiger partial charge on any atom is 0.233 e. The van der Waals surface area contributed by atoms with Crippen LogP contribution in [0.2, 0.25) is 0 Å². The van der Waals surface area contributed by atoms with Gasteiger partial charge in [0, 0.05) is 13.1 Å². The van der Waals surface area contributed by atoms with Crippen LogP contribution in [0, 0.1) is 5.92 Å². The number of carbonyl (C=O) groups excluding carboxylic acids is 1. The van der Waals surface area contributed by atoms with Crippen molar-refractivity contribution < 1.29 is 14.6 Å². The zero-order valence-electron chi connectivity index (χ0n) is 16.6. The lowest BCUT2D eigenvalue weighted by atomic mass is 9.88. The molecule has 1 saturated carbocycles. The van der Waals surface area contributed by atoms with E-state index in [0.29, 0.717) is 11.8 Å². The van der Waals surface area contributed by atoms with Gasteiger partial charge in [-0.15, -0.1) is 0 Å². The van der Waals surface area contributed by atoms with Crippen molar-refractivity contribution in [2.45, 2.75) is 44.1 Å². The predicted molar refractivity (Wildman–Crippen MR) is 109 cm³/mol. The molecule has 4 rings (SSSR count). The minimum absolute atomic E-state index is 0.0940. The van der Waals surface area contributed by atoms with Crippen LogP contribution in [0.15, 0.2) is 48.5 Å². The summed E-state index contributed by atoms with van der Waals surface area (Å²) in [6.45, 7) is 1.81. The van der Waals surface area contributed by atoms with E-state index in [2.05, 4.69) is 17.0 Å². The minimum Gasteiger partial charge on any atom is -0.497 e. The van der Waals surface area contributed by atoms with Crippen molar-refractivity contribution >= 4 is 5.91 Å². The van der Waals surface area contributed by atoms with Crippen LogP contribution in [-0.4, -0.2) is 36.1 Å². The van der Waals surface area contributed by atoms with E-state index >= 15 is 0 Å². The normalized spacial score (nSPS) is 18.7. The Hall–Kier alpha value is -2.33. The number of hydrogen-bond donors (Lipinski definition) is 1. The number of piperidine rings is 1. The number of carbonyl (C=O) groups is 1. The largest absolute Gasteiger partial charge is 0.497 e. The standard InChI is InChI=1S/C24H29NO3/c1-28-22-8-6-21(7-9-22)24(12-13-24)23(27)25-14-10-19(11-15-25)16-18-2-4-20(17-26)5-3-18/h2-9,19,26H,10-17H2,1H3. The number of aliphatic hydroxyl groups excluding tert-OH is 1. The van der Waals surface area contributed by atoms with Crippen molar-refractivity contribution in [3.8, 4) is 5.75 Å². The van der Waals surface area contributed by atoms with Gasteiger partial charge in [-0.2, -0.15) is 0 Å². The number of methoxy groups -OCH3 is 1. The molecular weight excluding hydrogens is 350 g/mol. The SMILES string of the molecule is COc1ccc(C2(C(=O)N3CCC(Cc4ccc(CO)cc4)CC3)CC2)cc1. The Balaban J connectivity index is 1.34. The lowest BCUT2D eigenvalue weighted by molar-refractivity contribution is -0.135. The number of nitrogens with zero attached hydrogens (tertiary/aromatic N) is 1. The number of ether oxygens (including phenoxy) is 1. The van der Waals surface area contributed by atoms with Crippen molar-refractivity contribution in [3.63, 3.8) is 0 Å². The van der Waals surface area contributed by atoms with Gasteiger partial charge in [0.15, 0.2) is 0 Å². The highest BCUT2D eigenvalue weighted by molar-refractivity contribution is 5.91. The van der Waals surface area contributed by atoms with E-state index < -0.39 is 0 Å². The summed E-state index contributed by atoms with van der Waals surface area (Å²) in [7, 11) is 1.66. The van der Waals surface area contributed by atoms with Gasteiger partial charge >= 0.3 is 0 Å². The Morgan fingerprint density at radius 3 is 2.18 bits per heavy atom. The van der Waals surface area contributed by atoms with Crippen LogP contribution in [0.25, 0.3) is 0 Å². The fourth-order valence-corrected chi connectivity index (χ4v) is 4.42. The first-order valence-electron chi connectivity index (χ1n) is 10.3. The third-order valence-electron chi connectivity index (χ3n) is 6.43. The van der Waals surface area contributed by atoms with E-state index in [-0.39, 0.29) is 12.0 Å². The van der Waals surface area contributed by atoms with Crippen molar-refractivity contribution in [2.75, 3.05) is 20.2 Å². The summed E-state index contributed by atoms with van der Waals surface area (Å²) in [5, 5.41) is 9.17. The molecule has 1 heterocycles. The van der Waals surface area contributed by atoms with Crippen LogP contribution in [0.3, 0.4) is 0 Å². The van der Waals surface area contributed by atoms with Crippen LogP contribution >= 0.6 is 0 Å². The fourth-order valence-electron chi connectivity index (χ4n) is 4.42. The average Bonchev–Trinajstić information content (AvgIpc) is 3.56. The highest BCUT2D eigenvalue weighted by Gasteiger charge is 2.53. The molecule has 0 bridgehead atoms. The molecule has 28 heavy (non-hydrogen) atoms. The Morgan fingerprint density at radius 1 is 1.04 bits per heavy atom. The summed E-state index contributed by atoms with van der Waals surface area (Å²) in [6.07, 6.45) is 5.08. The van der Waals surface area contributed by atoms with E-state index in [9.17, 15) is 4.79 Å². The van der Waals surface area contributed by atoms with Gasteiger partial charge in [0.05, 0.1) is 19.1 Å². The number of likely N-dealkylation sites (tertiary alicyclic amines) is 1. The topological polar surface area (TPSA) is 49.8 Å². The summed E-state index contributed by atoms with van der Waals surface area (Å²) in [4.78, 5) is 15.3. The van der Waals surface area contributed by atoms with E-state index in [0.717, 1.165) is 62.1 Å². The molecule has 0 radical (unpaired) electrons. The van der Waals surface area contributed by atoms with E-state index in [1.807, 2.05) is 36.4 Å². The number of amides is 1. The van der Waals surface area contributed by atoms with Crippen molar-refractivity contribution in [1.82, 2.24) is 4.90 Å². The van der Waals surface area contributed by atoms with Crippen molar-refractivity contribution in [2.24, 2.45) is 5.92 Å². The van der Waals surface area contributed by atoms with Crippen LogP contribution in [0.1, 0.15) is 42.4 Å². The molecule has 0 aromatic heterocycles. The Labute approximate surface area is 167 Å². The van der Waals surface area contributed by atoms with Gasteiger partial charge in [-0.1, -0.05) is 36.4 Å². The van der Waals surface area contributed by atoms with Crippen molar-refractivity contribution in [3.05, 3.63) is 65.2 Å². The number of hydrogen-bond acceptors (Lipinski definition) is 3. The van der Waals surface area contributed by atoms with Gasteiger partial charge in [0.2, 0.25) is 5.91 Å². The molecule has 0 unspecified atom stereocenters. The summed E-state index contributed by atoms with van der Waals surface area (Å²) in [5.74, 6) is 1.77. The molecule has 2 aromatic rings. The average molecular weight is 380 g/mol. The van der Waals surface area contributed by atoms with Gasteiger partial charge in [-0.3, -0.25) is 4.79 Å². The monoisotopic (exact) mass is 379 g/mol. The highest BCUT2D eigenvalue weighted by atomic mass is 16.5. The third-order valence-corrected chi connectivity index (χ3v) is 6.43. The Kier molecular flexibility index (Phi) is 5.40. The molecule has 0 spiro atoms. The summed E-state index contributed by atoms with van der Waals surface area (Å²) < 4.78 is 5.24. The van der Waals surface area contributed by atoms with Crippen LogP contribution in [0.5, 0.6) is 5.75 Å². The Morgan fingerprint density at radius 2 is 1.64 bits per heavy atom. The lowest BCUT2D eigenvalue weighted by Gasteiger charge is -2.34. The van der Waals surface area contributed by atoms with Gasteiger partial charge in [-0.05, 0) is 66.8 Å². The third kappa shape index (κ3) is 3.79. The van der Waals surface area contributed by atoms with Gasteiger partial charge in [-0.25, -0.2) is 0 Å². The second-order valence-corrected chi connectivity index (χ2v) is 8.22. The molecule has 1 saturated heterocycles. The summed E-state index contributed by atoms with van der Waals surface area (Å²) >= 11 is 0. The molecular formula is C24H29NO3. The first-order valence-corrected chi connectivity index (χ1v) is 10.3. The zero-order valence-corrected chi connectivity index (χ0v) is 16.6. The first kappa shape index (κ1) is 19.0. The van der Waals surface area contributed by atoms with Crippen LogP contribution in [0.4, 0.5) is 0 Å².